The highest BCUT2D eigenvalue weighted by Gasteiger charge is 2.22. The fourth-order valence-corrected chi connectivity index (χ4v) is 6.42. The molecule has 7 heteroatoms. The highest BCUT2D eigenvalue weighted by atomic mass is 16.5. The van der Waals surface area contributed by atoms with E-state index in [2.05, 4.69) is 102 Å². The summed E-state index contributed by atoms with van der Waals surface area (Å²) in [7, 11) is 0. The van der Waals surface area contributed by atoms with E-state index in [0.717, 1.165) is 89.8 Å². The maximum absolute atomic E-state index is 12.8. The number of hydrogen-bond acceptors (Lipinski definition) is 6. The van der Waals surface area contributed by atoms with Crippen molar-refractivity contribution in [1.29, 1.82) is 0 Å². The van der Waals surface area contributed by atoms with Gasteiger partial charge in [0.25, 0.3) is 0 Å². The molecule has 1 saturated heterocycles. The van der Waals surface area contributed by atoms with Crippen molar-refractivity contribution >= 4 is 22.8 Å². The van der Waals surface area contributed by atoms with E-state index in [0.29, 0.717) is 17.5 Å². The fourth-order valence-electron chi connectivity index (χ4n) is 6.42. The van der Waals surface area contributed by atoms with Gasteiger partial charge < -0.3 is 14.1 Å². The van der Waals surface area contributed by atoms with Gasteiger partial charge in [0.1, 0.15) is 0 Å². The predicted molar refractivity (Wildman–Crippen MR) is 205 cm³/mol. The highest BCUT2D eigenvalue weighted by Crippen LogP contribution is 2.28. The van der Waals surface area contributed by atoms with E-state index in [1.807, 2.05) is 24.3 Å². The summed E-state index contributed by atoms with van der Waals surface area (Å²) < 4.78 is 12.7. The largest absolute Gasteiger partial charge is 0.444 e. The van der Waals surface area contributed by atoms with Gasteiger partial charge in [-0.25, -0.2) is 9.36 Å². The van der Waals surface area contributed by atoms with Gasteiger partial charge in [-0.1, -0.05) is 117 Å². The van der Waals surface area contributed by atoms with Crippen LogP contribution in [-0.2, 0) is 22.8 Å². The van der Waals surface area contributed by atoms with Gasteiger partial charge in [0.05, 0.1) is 11.2 Å². The number of ether oxygens (including phenoxy) is 1. The molecule has 0 bridgehead atoms. The molecule has 0 radical (unpaired) electrons. The molecule has 2 heterocycles. The van der Waals surface area contributed by atoms with Crippen molar-refractivity contribution in [2.24, 2.45) is 0 Å². The number of anilines is 1. The number of allylic oxidation sites excluding steroid dienone is 6. The lowest BCUT2D eigenvalue weighted by Crippen LogP contribution is -2.46. The van der Waals surface area contributed by atoms with Crippen molar-refractivity contribution in [3.8, 4) is 11.1 Å². The first kappa shape index (κ1) is 36.7. The maximum Gasteiger partial charge on any atom is 0.422 e. The number of nitrogens with zero attached hydrogens (tertiary/aromatic N) is 3. The van der Waals surface area contributed by atoms with Gasteiger partial charge in [-0.05, 0) is 73.4 Å². The third-order valence-corrected chi connectivity index (χ3v) is 9.21. The molecule has 0 spiro atoms. The lowest BCUT2D eigenvalue weighted by atomic mass is 10.0. The number of para-hydroxylation sites is 1. The van der Waals surface area contributed by atoms with Crippen LogP contribution in [-0.4, -0.2) is 41.6 Å². The third kappa shape index (κ3) is 11.2. The normalized spacial score (nSPS) is 14.1. The molecule has 1 fully saturated rings. The van der Waals surface area contributed by atoms with Crippen LogP contribution in [0, 0.1) is 0 Å². The van der Waals surface area contributed by atoms with E-state index in [1.165, 1.54) is 27.7 Å². The number of unbranched alkanes of at least 4 members (excludes halogenated alkanes) is 5. The van der Waals surface area contributed by atoms with Crippen LogP contribution in [0.25, 0.3) is 22.2 Å². The standard InChI is InChI=1S/C43H53N3O4/c1-2-3-4-5-6-7-8-9-10-11-12-13-14-15-19-28-41(47)49-35-46-40-27-21-26-39(42(40)50-43(46)48)45-31-29-44(30-32-45)34-36-22-20-25-38(33-36)37-23-17-16-18-24-37/h3-4,6-7,9-10,16-18,20-27,33H,2,5,8,11-15,19,28-32,34-35H2,1H3/b4-3+,7-6+,10-9+. The molecule has 0 N–H and O–H groups in total. The topological polar surface area (TPSA) is 67.9 Å². The van der Waals surface area contributed by atoms with E-state index >= 15 is 0 Å². The first-order chi connectivity index (χ1) is 24.6. The number of fused-ring (bicyclic) bond motifs is 1. The minimum Gasteiger partial charge on any atom is -0.444 e. The second kappa shape index (κ2) is 20.1. The molecule has 0 unspecified atom stereocenters. The molecule has 1 aromatic heterocycles. The van der Waals surface area contributed by atoms with Gasteiger partial charge in [0.15, 0.2) is 12.3 Å². The summed E-state index contributed by atoms with van der Waals surface area (Å²) in [5.41, 5.74) is 5.86. The molecular weight excluding hydrogens is 622 g/mol. The number of rotatable bonds is 19. The summed E-state index contributed by atoms with van der Waals surface area (Å²) in [5.74, 6) is -0.791. The quantitative estimate of drug-likeness (QED) is 0.0560. The Morgan fingerprint density at radius 2 is 1.46 bits per heavy atom. The van der Waals surface area contributed by atoms with Gasteiger partial charge in [0, 0.05) is 39.1 Å². The number of hydrogen-bond donors (Lipinski definition) is 0. The molecule has 264 valence electrons. The van der Waals surface area contributed by atoms with Crippen molar-refractivity contribution < 1.29 is 13.9 Å². The Balaban J connectivity index is 1.01. The van der Waals surface area contributed by atoms with Crippen LogP contribution in [0.1, 0.15) is 76.7 Å². The monoisotopic (exact) mass is 675 g/mol. The summed E-state index contributed by atoms with van der Waals surface area (Å²) in [5, 5.41) is 0. The van der Waals surface area contributed by atoms with Gasteiger partial charge in [0.2, 0.25) is 0 Å². The van der Waals surface area contributed by atoms with Crippen LogP contribution in [0.5, 0.6) is 0 Å². The highest BCUT2D eigenvalue weighted by molar-refractivity contribution is 5.87. The van der Waals surface area contributed by atoms with E-state index < -0.39 is 5.76 Å². The van der Waals surface area contributed by atoms with Gasteiger partial charge in [-0.15, -0.1) is 0 Å². The Hall–Kier alpha value is -4.62. The molecule has 0 aliphatic carbocycles. The Morgan fingerprint density at radius 1 is 0.760 bits per heavy atom. The van der Waals surface area contributed by atoms with Crippen molar-refractivity contribution in [2.75, 3.05) is 31.1 Å². The molecule has 0 atom stereocenters. The first-order valence-electron chi connectivity index (χ1n) is 18.5. The molecule has 0 amide bonds. The van der Waals surface area contributed by atoms with E-state index in [9.17, 15) is 9.59 Å². The molecule has 1 aliphatic heterocycles. The number of oxazole rings is 1. The maximum atomic E-state index is 12.8. The summed E-state index contributed by atoms with van der Waals surface area (Å²) in [4.78, 5) is 30.1. The van der Waals surface area contributed by atoms with Crippen LogP contribution in [0.15, 0.2) is 118 Å². The molecule has 50 heavy (non-hydrogen) atoms. The zero-order valence-electron chi connectivity index (χ0n) is 29.7. The zero-order chi connectivity index (χ0) is 34.8. The lowest BCUT2D eigenvalue weighted by Gasteiger charge is -2.36. The molecule has 1 aliphatic rings. The third-order valence-electron chi connectivity index (χ3n) is 9.21. The summed E-state index contributed by atoms with van der Waals surface area (Å²) in [6, 6.07) is 25.0. The summed E-state index contributed by atoms with van der Waals surface area (Å²) in [6.07, 6.45) is 23.1. The minimum atomic E-state index is -0.508. The summed E-state index contributed by atoms with van der Waals surface area (Å²) >= 11 is 0. The Bertz CT molecular complexity index is 1760. The van der Waals surface area contributed by atoms with Crippen LogP contribution >= 0.6 is 0 Å². The first-order valence-corrected chi connectivity index (χ1v) is 18.5. The lowest BCUT2D eigenvalue weighted by molar-refractivity contribution is -0.147. The molecular formula is C43H53N3O4. The molecule has 5 rings (SSSR count). The van der Waals surface area contributed by atoms with E-state index in [-0.39, 0.29) is 12.7 Å². The second-order valence-corrected chi connectivity index (χ2v) is 13.0. The van der Waals surface area contributed by atoms with Crippen LogP contribution < -0.4 is 10.7 Å². The molecule has 7 nitrogen and oxygen atoms in total. The number of piperazine rings is 1. The average Bonchev–Trinajstić information content (AvgIpc) is 3.48. The molecule has 0 saturated carbocycles. The van der Waals surface area contributed by atoms with Crippen molar-refractivity contribution in [3.05, 3.63) is 125 Å². The summed E-state index contributed by atoms with van der Waals surface area (Å²) in [6.45, 7) is 6.37. The van der Waals surface area contributed by atoms with Gasteiger partial charge in [-0.2, -0.15) is 0 Å². The fraction of sp³-hybridized carbons (Fsp3) is 0.395. The minimum absolute atomic E-state index is 0.138. The molecule has 4 aromatic rings. The predicted octanol–water partition coefficient (Wildman–Crippen LogP) is 9.67. The Labute approximate surface area is 297 Å². The van der Waals surface area contributed by atoms with Crippen LogP contribution in [0.3, 0.4) is 0 Å². The number of carbonyl (C=O) groups excluding carboxylic acids is 1. The van der Waals surface area contributed by atoms with Crippen molar-refractivity contribution in [1.82, 2.24) is 9.47 Å². The van der Waals surface area contributed by atoms with Gasteiger partial charge in [-0.3, -0.25) is 9.69 Å². The van der Waals surface area contributed by atoms with Gasteiger partial charge >= 0.3 is 11.7 Å². The Kier molecular flexibility index (Phi) is 14.8. The molecule has 3 aromatic carbocycles. The number of carbonyl (C=O) groups is 1. The number of aromatic nitrogens is 1. The zero-order valence-corrected chi connectivity index (χ0v) is 29.7. The second-order valence-electron chi connectivity index (χ2n) is 13.0. The van der Waals surface area contributed by atoms with E-state index in [4.69, 9.17) is 9.15 Å². The number of benzene rings is 3. The Morgan fingerprint density at radius 3 is 2.26 bits per heavy atom. The van der Waals surface area contributed by atoms with E-state index in [1.54, 1.807) is 0 Å². The SMILES string of the molecule is CC/C=C/C/C=C/C/C=C/CCCCCCCC(=O)OCn1c(=O)oc2c(N3CCN(Cc4cccc(-c5ccccc5)c4)CC3)cccc21. The van der Waals surface area contributed by atoms with Crippen LogP contribution in [0.4, 0.5) is 5.69 Å². The number of esters is 1. The average molecular weight is 676 g/mol. The van der Waals surface area contributed by atoms with Crippen LogP contribution in [0.2, 0.25) is 0 Å². The van der Waals surface area contributed by atoms with Crippen molar-refractivity contribution in [2.45, 2.75) is 84.4 Å². The van der Waals surface area contributed by atoms with Crippen molar-refractivity contribution in [3.63, 3.8) is 0 Å². The smallest absolute Gasteiger partial charge is 0.422 e.